The Balaban J connectivity index is 2.26. The highest BCUT2D eigenvalue weighted by atomic mass is 16.7. The van der Waals surface area contributed by atoms with E-state index in [2.05, 4.69) is 20.8 Å². The summed E-state index contributed by atoms with van der Waals surface area (Å²) in [5, 5.41) is 9.25. The number of carbonyl (C=O) groups is 1. The Morgan fingerprint density at radius 2 is 2.00 bits per heavy atom. The fourth-order valence-electron chi connectivity index (χ4n) is 3.94. The summed E-state index contributed by atoms with van der Waals surface area (Å²) in [4.78, 5) is 14.8. The molecule has 0 aromatic rings. The highest BCUT2D eigenvalue weighted by Crippen LogP contribution is 2.43. The summed E-state index contributed by atoms with van der Waals surface area (Å²) in [5.41, 5.74) is -0.00726. The summed E-state index contributed by atoms with van der Waals surface area (Å²) < 4.78 is 11.9. The highest BCUT2D eigenvalue weighted by molar-refractivity contribution is 5.91. The van der Waals surface area contributed by atoms with Crippen LogP contribution in [0.5, 0.6) is 0 Å². The van der Waals surface area contributed by atoms with E-state index in [0.29, 0.717) is 18.8 Å². The van der Waals surface area contributed by atoms with E-state index in [0.717, 1.165) is 32.4 Å². The van der Waals surface area contributed by atoms with Crippen molar-refractivity contribution in [1.29, 1.82) is 0 Å². The van der Waals surface area contributed by atoms with E-state index in [-0.39, 0.29) is 29.8 Å². The van der Waals surface area contributed by atoms with Crippen molar-refractivity contribution in [3.8, 4) is 0 Å². The molecule has 0 aromatic carbocycles. The third kappa shape index (κ3) is 5.20. The molecule has 0 bridgehead atoms. The van der Waals surface area contributed by atoms with Gasteiger partial charge in [0.15, 0.2) is 5.76 Å². The van der Waals surface area contributed by atoms with Gasteiger partial charge in [-0.3, -0.25) is 4.79 Å². The molecule has 5 heteroatoms. The van der Waals surface area contributed by atoms with Gasteiger partial charge in [0.1, 0.15) is 0 Å². The third-order valence-electron chi connectivity index (χ3n) is 5.27. The molecule has 2 aliphatic rings. The van der Waals surface area contributed by atoms with Gasteiger partial charge in [0.2, 0.25) is 6.29 Å². The molecule has 0 radical (unpaired) electrons. The van der Waals surface area contributed by atoms with Gasteiger partial charge in [-0.25, -0.2) is 0 Å². The number of hydrogen-bond acceptors (Lipinski definition) is 4. The standard InChI is InChI=1S/C20H35NO4/c1-5-24-19-15(10-9-13-22)16(20(2,3)4)14-17(25-19)18(23)21-11-7-6-8-12-21/h14-16,19,22H,5-13H2,1-4H3/t15-,16+,19-/m1/s1. The van der Waals surface area contributed by atoms with Crippen molar-refractivity contribution < 1.29 is 19.4 Å². The minimum Gasteiger partial charge on any atom is -0.459 e. The summed E-state index contributed by atoms with van der Waals surface area (Å²) in [6.45, 7) is 10.9. The normalized spacial score (nSPS) is 27.6. The first kappa shape index (κ1) is 20.2. The monoisotopic (exact) mass is 353 g/mol. The number of piperidine rings is 1. The number of ether oxygens (including phenoxy) is 2. The number of likely N-dealkylation sites (tertiary alicyclic amines) is 1. The Morgan fingerprint density at radius 3 is 2.56 bits per heavy atom. The minimum atomic E-state index is -0.422. The predicted octanol–water partition coefficient (Wildman–Crippen LogP) is 3.33. The maximum absolute atomic E-state index is 12.9. The van der Waals surface area contributed by atoms with Gasteiger partial charge >= 0.3 is 0 Å². The number of aliphatic hydroxyl groups is 1. The summed E-state index contributed by atoms with van der Waals surface area (Å²) in [6, 6.07) is 0. The van der Waals surface area contributed by atoms with Gasteiger partial charge < -0.3 is 19.5 Å². The largest absolute Gasteiger partial charge is 0.459 e. The summed E-state index contributed by atoms with van der Waals surface area (Å²) in [6.07, 6.45) is 6.46. The van der Waals surface area contributed by atoms with E-state index in [9.17, 15) is 9.90 Å². The number of aliphatic hydroxyl groups excluding tert-OH is 1. The second kappa shape index (κ2) is 9.04. The lowest BCUT2D eigenvalue weighted by Gasteiger charge is -2.43. The van der Waals surface area contributed by atoms with Gasteiger partial charge in [0, 0.05) is 32.2 Å². The first-order chi connectivity index (χ1) is 11.9. The molecule has 3 atom stereocenters. The fourth-order valence-corrected chi connectivity index (χ4v) is 3.94. The molecule has 1 amide bonds. The van der Waals surface area contributed by atoms with Gasteiger partial charge in [0.05, 0.1) is 0 Å². The van der Waals surface area contributed by atoms with Crippen molar-refractivity contribution in [2.24, 2.45) is 17.3 Å². The zero-order chi connectivity index (χ0) is 18.4. The average Bonchev–Trinajstić information content (AvgIpc) is 2.59. The van der Waals surface area contributed by atoms with Gasteiger partial charge in [-0.1, -0.05) is 20.8 Å². The van der Waals surface area contributed by atoms with Gasteiger partial charge in [0.25, 0.3) is 5.91 Å². The molecule has 2 heterocycles. The maximum Gasteiger partial charge on any atom is 0.288 e. The van der Waals surface area contributed by atoms with E-state index in [1.165, 1.54) is 6.42 Å². The number of amides is 1. The maximum atomic E-state index is 12.9. The first-order valence-electron chi connectivity index (χ1n) is 9.78. The molecular weight excluding hydrogens is 318 g/mol. The molecule has 5 nitrogen and oxygen atoms in total. The Morgan fingerprint density at radius 1 is 1.32 bits per heavy atom. The molecule has 144 valence electrons. The highest BCUT2D eigenvalue weighted by Gasteiger charge is 2.42. The molecule has 2 rings (SSSR count). The number of rotatable bonds is 6. The van der Waals surface area contributed by atoms with Gasteiger partial charge in [-0.15, -0.1) is 0 Å². The molecule has 2 aliphatic heterocycles. The van der Waals surface area contributed by atoms with Crippen LogP contribution in [0.15, 0.2) is 11.8 Å². The molecule has 1 fully saturated rings. The lowest BCUT2D eigenvalue weighted by Crippen LogP contribution is -2.45. The Kier molecular flexibility index (Phi) is 7.32. The summed E-state index contributed by atoms with van der Waals surface area (Å²) >= 11 is 0. The molecule has 25 heavy (non-hydrogen) atoms. The lowest BCUT2D eigenvalue weighted by molar-refractivity contribution is -0.182. The van der Waals surface area contributed by atoms with Crippen LogP contribution in [-0.4, -0.2) is 48.5 Å². The molecule has 0 spiro atoms. The van der Waals surface area contributed by atoms with Crippen molar-refractivity contribution in [3.63, 3.8) is 0 Å². The molecule has 0 unspecified atom stereocenters. The van der Waals surface area contributed by atoms with Crippen molar-refractivity contribution in [3.05, 3.63) is 11.8 Å². The summed E-state index contributed by atoms with van der Waals surface area (Å²) in [7, 11) is 0. The second-order valence-electron chi connectivity index (χ2n) is 8.25. The van der Waals surface area contributed by atoms with Crippen LogP contribution >= 0.6 is 0 Å². The van der Waals surface area contributed by atoms with Crippen LogP contribution in [-0.2, 0) is 14.3 Å². The molecule has 1 N–H and O–H groups in total. The van der Waals surface area contributed by atoms with Crippen LogP contribution in [0.1, 0.15) is 59.8 Å². The number of hydrogen-bond donors (Lipinski definition) is 1. The third-order valence-corrected chi connectivity index (χ3v) is 5.27. The summed E-state index contributed by atoms with van der Waals surface area (Å²) in [5.74, 6) is 0.762. The minimum absolute atomic E-state index is 0.000684. The fraction of sp³-hybridized carbons (Fsp3) is 0.850. The van der Waals surface area contributed by atoms with Crippen molar-refractivity contribution >= 4 is 5.91 Å². The number of carbonyl (C=O) groups excluding carboxylic acids is 1. The predicted molar refractivity (Wildman–Crippen MR) is 97.8 cm³/mol. The van der Waals surface area contributed by atoms with Crippen LogP contribution in [0.3, 0.4) is 0 Å². The second-order valence-corrected chi connectivity index (χ2v) is 8.25. The van der Waals surface area contributed by atoms with E-state index in [1.54, 1.807) is 0 Å². The smallest absolute Gasteiger partial charge is 0.288 e. The first-order valence-corrected chi connectivity index (χ1v) is 9.78. The number of allylic oxidation sites excluding steroid dienone is 1. The Hall–Kier alpha value is -1.07. The van der Waals surface area contributed by atoms with E-state index in [1.807, 2.05) is 17.9 Å². The Bertz CT molecular complexity index is 463. The Labute approximate surface area is 152 Å². The van der Waals surface area contributed by atoms with Crippen LogP contribution in [0, 0.1) is 17.3 Å². The van der Waals surface area contributed by atoms with Crippen LogP contribution in [0.25, 0.3) is 0 Å². The van der Waals surface area contributed by atoms with E-state index in [4.69, 9.17) is 9.47 Å². The molecule has 0 aromatic heterocycles. The average molecular weight is 354 g/mol. The zero-order valence-corrected chi connectivity index (χ0v) is 16.3. The molecule has 0 aliphatic carbocycles. The molecular formula is C20H35NO4. The number of nitrogens with zero attached hydrogens (tertiary/aromatic N) is 1. The van der Waals surface area contributed by atoms with E-state index >= 15 is 0 Å². The van der Waals surface area contributed by atoms with Crippen molar-refractivity contribution in [1.82, 2.24) is 4.90 Å². The molecule has 0 saturated carbocycles. The van der Waals surface area contributed by atoms with Crippen LogP contribution < -0.4 is 0 Å². The topological polar surface area (TPSA) is 59.0 Å². The van der Waals surface area contributed by atoms with Gasteiger partial charge in [-0.05, 0) is 56.4 Å². The SMILES string of the molecule is CCO[C@@H]1OC(C(=O)N2CCCCC2)=C[C@H](C(C)(C)C)[C@H]1CCCO. The van der Waals surface area contributed by atoms with Crippen LogP contribution in [0.2, 0.25) is 0 Å². The van der Waals surface area contributed by atoms with Crippen LogP contribution in [0.4, 0.5) is 0 Å². The van der Waals surface area contributed by atoms with E-state index < -0.39 is 6.29 Å². The lowest BCUT2D eigenvalue weighted by atomic mass is 9.70. The zero-order valence-electron chi connectivity index (χ0n) is 16.3. The van der Waals surface area contributed by atoms with Crippen molar-refractivity contribution in [2.45, 2.75) is 66.1 Å². The quantitative estimate of drug-likeness (QED) is 0.796. The van der Waals surface area contributed by atoms with Crippen molar-refractivity contribution in [2.75, 3.05) is 26.3 Å². The van der Waals surface area contributed by atoms with Gasteiger partial charge in [-0.2, -0.15) is 0 Å². The molecule has 1 saturated heterocycles.